The van der Waals surface area contributed by atoms with E-state index in [-0.39, 0.29) is 41.4 Å². The van der Waals surface area contributed by atoms with Crippen LogP contribution in [0.2, 0.25) is 5.02 Å². The van der Waals surface area contributed by atoms with Crippen molar-refractivity contribution in [2.24, 2.45) is 0 Å². The molecule has 0 bridgehead atoms. The van der Waals surface area contributed by atoms with Gasteiger partial charge in [-0.1, -0.05) is 23.7 Å². The number of rotatable bonds is 10. The number of thioether (sulfide) groups is 1. The van der Waals surface area contributed by atoms with Gasteiger partial charge in [0.2, 0.25) is 6.41 Å². The van der Waals surface area contributed by atoms with Crippen molar-refractivity contribution in [1.29, 1.82) is 5.41 Å². The van der Waals surface area contributed by atoms with Crippen LogP contribution in [0.4, 0.5) is 23.2 Å². The van der Waals surface area contributed by atoms with Gasteiger partial charge in [0.1, 0.15) is 5.67 Å². The summed E-state index contributed by atoms with van der Waals surface area (Å²) in [5.74, 6) is -0.630. The Bertz CT molecular complexity index is 1250. The fourth-order valence-electron chi connectivity index (χ4n) is 4.25. The van der Waals surface area contributed by atoms with E-state index < -0.39 is 23.3 Å². The topological polar surface area (TPSA) is 76.5 Å². The highest BCUT2D eigenvalue weighted by atomic mass is 35.5. The number of benzene rings is 2. The molecule has 1 fully saturated rings. The van der Waals surface area contributed by atoms with Crippen molar-refractivity contribution in [3.05, 3.63) is 68.6 Å². The maximum atomic E-state index is 15.3. The monoisotopic (exact) mass is 584 g/mol. The van der Waals surface area contributed by atoms with Gasteiger partial charge in [-0.3, -0.25) is 14.5 Å². The number of amides is 2. The number of nitrogens with zero attached hydrogens (tertiary/aromatic N) is 2. The summed E-state index contributed by atoms with van der Waals surface area (Å²) in [6.45, 7) is 0.571. The molecule has 210 valence electrons. The van der Waals surface area contributed by atoms with Crippen LogP contribution in [0, 0.1) is 5.41 Å². The number of hydrogen-bond acceptors (Lipinski definition) is 6. The lowest BCUT2D eigenvalue weighted by atomic mass is 9.93. The van der Waals surface area contributed by atoms with E-state index in [0.29, 0.717) is 36.3 Å². The summed E-state index contributed by atoms with van der Waals surface area (Å²) in [5, 5.41) is 10.7. The standard InChI is InChI=1S/C27H29ClF4N4O2S/c1-35-9-7-26(29,8-10-35)16-36(17-37)25(38)24(39-2)12-18-3-6-23(20(11-18)14-33)34-15-19-4-5-21(28)13-22(19)27(30,31)32/h3-6,11-14,17,33-34H,7-10,15-16H2,1-2H3/b24-12-,33-14?. The second kappa shape index (κ2) is 13.0. The van der Waals surface area contributed by atoms with Crippen molar-refractivity contribution in [3.63, 3.8) is 0 Å². The van der Waals surface area contributed by atoms with Crippen LogP contribution >= 0.6 is 23.4 Å². The molecule has 1 saturated heterocycles. The Kier molecular flexibility index (Phi) is 10.2. The molecule has 0 unspecified atom stereocenters. The van der Waals surface area contributed by atoms with Gasteiger partial charge in [-0.2, -0.15) is 13.2 Å². The molecule has 2 aromatic rings. The van der Waals surface area contributed by atoms with Crippen LogP contribution in [0.15, 0.2) is 41.3 Å². The van der Waals surface area contributed by atoms with Crippen LogP contribution in [-0.2, 0) is 22.3 Å². The van der Waals surface area contributed by atoms with Crippen LogP contribution < -0.4 is 5.32 Å². The van der Waals surface area contributed by atoms with Crippen LogP contribution in [-0.4, -0.2) is 66.9 Å². The first kappa shape index (κ1) is 30.6. The Morgan fingerprint density at radius 1 is 1.23 bits per heavy atom. The summed E-state index contributed by atoms with van der Waals surface area (Å²) in [7, 11) is 1.89. The molecule has 0 saturated carbocycles. The summed E-state index contributed by atoms with van der Waals surface area (Å²) < 4.78 is 55.5. The predicted octanol–water partition coefficient (Wildman–Crippen LogP) is 6.09. The number of hydrogen-bond donors (Lipinski definition) is 2. The highest BCUT2D eigenvalue weighted by Gasteiger charge is 2.37. The van der Waals surface area contributed by atoms with Gasteiger partial charge in [0.05, 0.1) is 17.0 Å². The molecule has 0 radical (unpaired) electrons. The molecule has 3 rings (SSSR count). The van der Waals surface area contributed by atoms with Gasteiger partial charge in [-0.05, 0) is 67.6 Å². The molecular formula is C27H29ClF4N4O2S. The fraction of sp³-hybridized carbons (Fsp3) is 0.370. The van der Waals surface area contributed by atoms with Gasteiger partial charge in [0, 0.05) is 42.1 Å². The summed E-state index contributed by atoms with van der Waals surface area (Å²) in [6, 6.07) is 8.34. The number of imide groups is 1. The maximum absolute atomic E-state index is 15.3. The molecule has 6 nitrogen and oxygen atoms in total. The first-order chi connectivity index (χ1) is 18.4. The predicted molar refractivity (Wildman–Crippen MR) is 148 cm³/mol. The van der Waals surface area contributed by atoms with Crippen LogP contribution in [0.5, 0.6) is 0 Å². The van der Waals surface area contributed by atoms with Crippen molar-refractivity contribution in [3.8, 4) is 0 Å². The molecule has 0 spiro atoms. The lowest BCUT2D eigenvalue weighted by Gasteiger charge is -2.36. The van der Waals surface area contributed by atoms with Crippen molar-refractivity contribution in [2.45, 2.75) is 31.2 Å². The minimum Gasteiger partial charge on any atom is -0.380 e. The quantitative estimate of drug-likeness (QED) is 0.153. The van der Waals surface area contributed by atoms with E-state index >= 15 is 4.39 Å². The second-order valence-electron chi connectivity index (χ2n) is 9.35. The van der Waals surface area contributed by atoms with Crippen molar-refractivity contribution >= 4 is 53.7 Å². The molecule has 1 aliphatic heterocycles. The Hall–Kier alpha value is -2.89. The van der Waals surface area contributed by atoms with Gasteiger partial charge in [-0.15, -0.1) is 11.8 Å². The van der Waals surface area contributed by atoms with E-state index in [9.17, 15) is 22.8 Å². The number of alkyl halides is 4. The number of carbonyl (C=O) groups is 2. The first-order valence-electron chi connectivity index (χ1n) is 12.0. The number of halogens is 5. The number of piperidine rings is 1. The Morgan fingerprint density at radius 2 is 1.92 bits per heavy atom. The first-order valence-corrected chi connectivity index (χ1v) is 13.6. The molecule has 2 N–H and O–H groups in total. The zero-order valence-corrected chi connectivity index (χ0v) is 23.0. The molecular weight excluding hydrogens is 556 g/mol. The van der Waals surface area contributed by atoms with E-state index in [0.717, 1.165) is 28.9 Å². The van der Waals surface area contributed by atoms with Crippen molar-refractivity contribution in [2.75, 3.05) is 38.3 Å². The largest absolute Gasteiger partial charge is 0.416 e. The van der Waals surface area contributed by atoms with E-state index in [4.69, 9.17) is 17.0 Å². The summed E-state index contributed by atoms with van der Waals surface area (Å²) in [4.78, 5) is 27.8. The molecule has 2 aromatic carbocycles. The van der Waals surface area contributed by atoms with Crippen LogP contribution in [0.25, 0.3) is 6.08 Å². The third-order valence-corrected chi connectivity index (χ3v) is 7.50. The SMILES string of the molecule is CS/C(=C\c1ccc(NCc2ccc(Cl)cc2C(F)(F)F)c(C=N)c1)C(=O)N(C=O)CC1(F)CCN(C)CC1. The smallest absolute Gasteiger partial charge is 0.380 e. The zero-order valence-electron chi connectivity index (χ0n) is 21.4. The van der Waals surface area contributed by atoms with Crippen LogP contribution in [0.1, 0.15) is 35.1 Å². The van der Waals surface area contributed by atoms with Gasteiger partial charge < -0.3 is 15.6 Å². The Morgan fingerprint density at radius 3 is 2.51 bits per heavy atom. The molecule has 12 heteroatoms. The lowest BCUT2D eigenvalue weighted by molar-refractivity contribution is -0.139. The summed E-state index contributed by atoms with van der Waals surface area (Å²) >= 11 is 6.84. The molecule has 0 atom stereocenters. The number of anilines is 1. The van der Waals surface area contributed by atoms with Gasteiger partial charge in [0.25, 0.3) is 5.91 Å². The fourth-order valence-corrected chi connectivity index (χ4v) is 4.97. The highest BCUT2D eigenvalue weighted by Crippen LogP contribution is 2.34. The summed E-state index contributed by atoms with van der Waals surface area (Å²) in [6.07, 6.45) is 0.429. The third-order valence-electron chi connectivity index (χ3n) is 6.53. The lowest BCUT2D eigenvalue weighted by Crippen LogP contribution is -2.48. The maximum Gasteiger partial charge on any atom is 0.416 e. The molecule has 1 heterocycles. The number of nitrogens with one attached hydrogen (secondary N) is 2. The van der Waals surface area contributed by atoms with E-state index in [1.54, 1.807) is 24.5 Å². The van der Waals surface area contributed by atoms with Crippen molar-refractivity contribution < 1.29 is 27.2 Å². The van der Waals surface area contributed by atoms with Gasteiger partial charge in [0.15, 0.2) is 0 Å². The van der Waals surface area contributed by atoms with Crippen LogP contribution in [0.3, 0.4) is 0 Å². The van der Waals surface area contributed by atoms with E-state index in [1.807, 2.05) is 11.9 Å². The second-order valence-corrected chi connectivity index (χ2v) is 10.6. The molecule has 0 aromatic heterocycles. The summed E-state index contributed by atoms with van der Waals surface area (Å²) in [5.41, 5.74) is -1.19. The van der Waals surface area contributed by atoms with Crippen molar-refractivity contribution in [1.82, 2.24) is 9.80 Å². The minimum atomic E-state index is -4.58. The number of likely N-dealkylation sites (tertiary alicyclic amines) is 1. The average molecular weight is 585 g/mol. The molecule has 39 heavy (non-hydrogen) atoms. The van der Waals surface area contributed by atoms with Gasteiger partial charge in [-0.25, -0.2) is 4.39 Å². The molecule has 2 amide bonds. The Balaban J connectivity index is 1.78. The highest BCUT2D eigenvalue weighted by molar-refractivity contribution is 8.03. The third kappa shape index (κ3) is 8.06. The Labute approximate surface area is 233 Å². The normalized spacial score (nSPS) is 16.0. The van der Waals surface area contributed by atoms with E-state index in [2.05, 4.69) is 5.32 Å². The number of carbonyl (C=O) groups excluding carboxylic acids is 2. The molecule has 1 aliphatic rings. The van der Waals surface area contributed by atoms with Gasteiger partial charge >= 0.3 is 6.18 Å². The van der Waals surface area contributed by atoms with E-state index in [1.165, 1.54) is 18.2 Å². The minimum absolute atomic E-state index is 0.00808. The average Bonchev–Trinajstić information content (AvgIpc) is 2.91. The molecule has 0 aliphatic carbocycles. The zero-order chi connectivity index (χ0) is 28.8.